The van der Waals surface area contributed by atoms with E-state index in [-0.39, 0.29) is 11.7 Å². The first kappa shape index (κ1) is 13.1. The molecule has 0 atom stereocenters. The predicted octanol–water partition coefficient (Wildman–Crippen LogP) is 1.56. The van der Waals surface area contributed by atoms with Gasteiger partial charge < -0.3 is 15.0 Å². The van der Waals surface area contributed by atoms with Crippen molar-refractivity contribution in [2.45, 2.75) is 26.5 Å². The van der Waals surface area contributed by atoms with Gasteiger partial charge in [-0.2, -0.15) is 0 Å². The van der Waals surface area contributed by atoms with Crippen LogP contribution in [-0.2, 0) is 6.54 Å². The van der Waals surface area contributed by atoms with Crippen molar-refractivity contribution in [3.8, 4) is 5.88 Å². The van der Waals surface area contributed by atoms with Crippen LogP contribution in [0.3, 0.4) is 0 Å². The largest absolute Gasteiger partial charge is 0.475 e. The molecule has 2 rings (SSSR count). The fourth-order valence-corrected chi connectivity index (χ4v) is 1.54. The molecule has 0 amide bonds. The van der Waals surface area contributed by atoms with Crippen molar-refractivity contribution in [2.75, 3.05) is 5.32 Å². The van der Waals surface area contributed by atoms with Gasteiger partial charge in [-0.3, -0.25) is 4.79 Å². The number of rotatable bonds is 5. The smallest absolute Gasteiger partial charge is 0.252 e. The fourth-order valence-electron chi connectivity index (χ4n) is 1.54. The van der Waals surface area contributed by atoms with Gasteiger partial charge in [0.25, 0.3) is 5.56 Å². The Hall–Kier alpha value is -2.37. The highest BCUT2D eigenvalue weighted by atomic mass is 16.5. The lowest BCUT2D eigenvalue weighted by Crippen LogP contribution is -2.12. The van der Waals surface area contributed by atoms with Gasteiger partial charge in [-0.25, -0.2) is 9.97 Å². The van der Waals surface area contributed by atoms with E-state index in [0.717, 1.165) is 5.56 Å². The van der Waals surface area contributed by atoms with Crippen molar-refractivity contribution in [1.82, 2.24) is 15.0 Å². The van der Waals surface area contributed by atoms with Crippen molar-refractivity contribution >= 4 is 5.82 Å². The lowest BCUT2D eigenvalue weighted by atomic mass is 10.2. The number of pyridine rings is 1. The fraction of sp³-hybridized carbons (Fsp3) is 0.308. The second-order valence-electron chi connectivity index (χ2n) is 4.28. The van der Waals surface area contributed by atoms with Crippen molar-refractivity contribution < 1.29 is 4.74 Å². The quantitative estimate of drug-likeness (QED) is 0.853. The summed E-state index contributed by atoms with van der Waals surface area (Å²) >= 11 is 0. The van der Waals surface area contributed by atoms with Crippen LogP contribution in [0.2, 0.25) is 0 Å². The number of nitrogens with zero attached hydrogens (tertiary/aromatic N) is 2. The highest BCUT2D eigenvalue weighted by Gasteiger charge is 2.06. The van der Waals surface area contributed by atoms with Crippen LogP contribution in [0.25, 0.3) is 0 Å². The molecule has 0 aliphatic heterocycles. The molecule has 0 radical (unpaired) electrons. The maximum Gasteiger partial charge on any atom is 0.252 e. The summed E-state index contributed by atoms with van der Waals surface area (Å²) in [4.78, 5) is 21.8. The van der Waals surface area contributed by atoms with E-state index in [1.54, 1.807) is 6.20 Å². The molecule has 100 valence electrons. The molecule has 19 heavy (non-hydrogen) atoms. The molecule has 0 aromatic carbocycles. The molecule has 2 N–H and O–H groups in total. The first-order valence-corrected chi connectivity index (χ1v) is 6.04. The Balaban J connectivity index is 2.09. The topological polar surface area (TPSA) is 79.9 Å². The van der Waals surface area contributed by atoms with Gasteiger partial charge in [-0.15, -0.1) is 0 Å². The number of aromatic amines is 1. The van der Waals surface area contributed by atoms with Gasteiger partial charge in [0.2, 0.25) is 5.88 Å². The second kappa shape index (κ2) is 5.99. The van der Waals surface area contributed by atoms with Crippen LogP contribution in [0.5, 0.6) is 5.88 Å². The zero-order valence-corrected chi connectivity index (χ0v) is 10.9. The zero-order chi connectivity index (χ0) is 13.7. The van der Waals surface area contributed by atoms with Crippen LogP contribution in [-0.4, -0.2) is 21.1 Å². The molecule has 0 saturated carbocycles. The lowest BCUT2D eigenvalue weighted by Gasteiger charge is -2.13. The number of ether oxygens (including phenoxy) is 1. The first-order valence-electron chi connectivity index (χ1n) is 6.04. The molecule has 0 bridgehead atoms. The second-order valence-corrected chi connectivity index (χ2v) is 4.28. The van der Waals surface area contributed by atoms with E-state index in [1.807, 2.05) is 26.0 Å². The van der Waals surface area contributed by atoms with Crippen LogP contribution in [0.1, 0.15) is 19.4 Å². The Morgan fingerprint density at radius 1 is 1.42 bits per heavy atom. The Morgan fingerprint density at radius 2 is 2.26 bits per heavy atom. The van der Waals surface area contributed by atoms with Gasteiger partial charge in [0, 0.05) is 24.4 Å². The molecule has 2 aromatic rings. The Labute approximate surface area is 110 Å². The number of hydrogen-bond acceptors (Lipinski definition) is 5. The van der Waals surface area contributed by atoms with Crippen LogP contribution >= 0.6 is 0 Å². The lowest BCUT2D eigenvalue weighted by molar-refractivity contribution is 0.230. The van der Waals surface area contributed by atoms with E-state index >= 15 is 0 Å². The number of hydrogen-bond donors (Lipinski definition) is 2. The summed E-state index contributed by atoms with van der Waals surface area (Å²) in [5.74, 6) is 1.11. The Bertz CT molecular complexity index is 595. The minimum Gasteiger partial charge on any atom is -0.475 e. The molecule has 6 heteroatoms. The third-order valence-corrected chi connectivity index (χ3v) is 2.34. The summed E-state index contributed by atoms with van der Waals surface area (Å²) in [5.41, 5.74) is 0.723. The van der Waals surface area contributed by atoms with Gasteiger partial charge >= 0.3 is 0 Å². The average molecular weight is 260 g/mol. The summed E-state index contributed by atoms with van der Waals surface area (Å²) in [5, 5.41) is 3.06. The summed E-state index contributed by atoms with van der Waals surface area (Å²) in [7, 11) is 0. The predicted molar refractivity (Wildman–Crippen MR) is 72.2 cm³/mol. The first-order chi connectivity index (χ1) is 9.15. The Kier molecular flexibility index (Phi) is 4.12. The van der Waals surface area contributed by atoms with E-state index in [2.05, 4.69) is 20.3 Å². The van der Waals surface area contributed by atoms with E-state index < -0.39 is 0 Å². The summed E-state index contributed by atoms with van der Waals surface area (Å²) < 4.78 is 5.62. The minimum atomic E-state index is -0.192. The molecular formula is C13H16N4O2. The molecule has 0 aliphatic rings. The third kappa shape index (κ3) is 3.80. The van der Waals surface area contributed by atoms with Gasteiger partial charge in [0.1, 0.15) is 5.82 Å². The minimum absolute atomic E-state index is 0.0614. The molecule has 0 spiro atoms. The molecule has 0 saturated heterocycles. The number of aromatic nitrogens is 3. The SMILES string of the molecule is CC(C)Oc1ncccc1CNc1cc(=O)[nH]cn1. The van der Waals surface area contributed by atoms with Gasteiger partial charge in [0.05, 0.1) is 12.4 Å². The monoisotopic (exact) mass is 260 g/mol. The normalized spacial score (nSPS) is 10.5. The summed E-state index contributed by atoms with van der Waals surface area (Å²) in [6.45, 7) is 4.39. The van der Waals surface area contributed by atoms with Gasteiger partial charge in [0.15, 0.2) is 0 Å². The van der Waals surface area contributed by atoms with Gasteiger partial charge in [-0.05, 0) is 19.9 Å². The highest BCUT2D eigenvalue weighted by molar-refractivity contribution is 5.35. The number of nitrogens with one attached hydrogen (secondary N) is 2. The highest BCUT2D eigenvalue weighted by Crippen LogP contribution is 2.16. The zero-order valence-electron chi connectivity index (χ0n) is 10.9. The molecular weight excluding hydrogens is 244 g/mol. The van der Waals surface area contributed by atoms with Gasteiger partial charge in [-0.1, -0.05) is 6.07 Å². The molecule has 6 nitrogen and oxygen atoms in total. The maximum atomic E-state index is 11.1. The summed E-state index contributed by atoms with van der Waals surface area (Å²) in [6.07, 6.45) is 3.11. The van der Waals surface area contributed by atoms with Crippen LogP contribution < -0.4 is 15.6 Å². The van der Waals surface area contributed by atoms with Crippen molar-refractivity contribution in [3.05, 3.63) is 46.6 Å². The van der Waals surface area contributed by atoms with Crippen LogP contribution in [0, 0.1) is 0 Å². The van der Waals surface area contributed by atoms with Crippen LogP contribution in [0.4, 0.5) is 5.82 Å². The van der Waals surface area contributed by atoms with Crippen molar-refractivity contribution in [3.63, 3.8) is 0 Å². The maximum absolute atomic E-state index is 11.1. The van der Waals surface area contributed by atoms with E-state index in [0.29, 0.717) is 18.2 Å². The van der Waals surface area contributed by atoms with Crippen LogP contribution in [0.15, 0.2) is 35.5 Å². The molecule has 0 unspecified atom stereocenters. The number of anilines is 1. The van der Waals surface area contributed by atoms with Crippen molar-refractivity contribution in [1.29, 1.82) is 0 Å². The van der Waals surface area contributed by atoms with Crippen molar-refractivity contribution in [2.24, 2.45) is 0 Å². The molecule has 0 fully saturated rings. The Morgan fingerprint density at radius 3 is 3.00 bits per heavy atom. The third-order valence-electron chi connectivity index (χ3n) is 2.34. The average Bonchev–Trinajstić information content (AvgIpc) is 2.37. The standard InChI is InChI=1S/C13H16N4O2/c1-9(2)19-13-10(4-3-5-14-13)7-15-11-6-12(18)17-8-16-11/h3-6,8-9H,7H2,1-2H3,(H2,15,16,17,18). The molecule has 0 aliphatic carbocycles. The molecule has 2 heterocycles. The van der Waals surface area contributed by atoms with E-state index in [4.69, 9.17) is 4.74 Å². The molecule has 2 aromatic heterocycles. The summed E-state index contributed by atoms with van der Waals surface area (Å²) in [6, 6.07) is 5.17. The number of H-pyrrole nitrogens is 1. The van der Waals surface area contributed by atoms with E-state index in [9.17, 15) is 4.79 Å². The van der Waals surface area contributed by atoms with E-state index in [1.165, 1.54) is 12.4 Å².